The van der Waals surface area contributed by atoms with Crippen molar-refractivity contribution in [2.75, 3.05) is 0 Å². The number of hydrogen-bond donors (Lipinski definition) is 1. The van der Waals surface area contributed by atoms with Gasteiger partial charge in [0.25, 0.3) is 0 Å². The highest BCUT2D eigenvalue weighted by Crippen LogP contribution is 2.17. The predicted molar refractivity (Wildman–Crippen MR) is 49.3 cm³/mol. The van der Waals surface area contributed by atoms with Gasteiger partial charge in [-0.3, -0.25) is 0 Å². The molecule has 0 aliphatic carbocycles. The first kappa shape index (κ1) is 8.78. The van der Waals surface area contributed by atoms with Crippen molar-refractivity contribution >= 4 is 5.57 Å². The molecule has 12 heavy (non-hydrogen) atoms. The summed E-state index contributed by atoms with van der Waals surface area (Å²) in [6.45, 7) is 5.18. The molecule has 1 rings (SSSR count). The molecule has 1 nitrogen and oxygen atoms in total. The summed E-state index contributed by atoms with van der Waals surface area (Å²) in [7, 11) is 0. The second kappa shape index (κ2) is 3.90. The fourth-order valence-corrected chi connectivity index (χ4v) is 1.09. The molecule has 64 valence electrons. The van der Waals surface area contributed by atoms with Gasteiger partial charge >= 0.3 is 0 Å². The maximum absolute atomic E-state index is 12.4. The summed E-state index contributed by atoms with van der Waals surface area (Å²) in [6, 6.07) is 3.80. The Kier molecular flexibility index (Phi) is 2.86. The zero-order valence-electron chi connectivity index (χ0n) is 7.10. The topological polar surface area (TPSA) is 15.8 Å². The minimum absolute atomic E-state index is 0.401. The highest BCUT2D eigenvalue weighted by Gasteiger charge is 1.99. The number of nitrogens with one attached hydrogen (secondary N) is 1. The molecule has 0 radical (unpaired) electrons. The van der Waals surface area contributed by atoms with E-state index in [-0.39, 0.29) is 0 Å². The number of aromatic nitrogens is 1. The molecule has 0 spiro atoms. The molecule has 0 aliphatic heterocycles. The third kappa shape index (κ3) is 2.09. The minimum Gasteiger partial charge on any atom is -0.361 e. The van der Waals surface area contributed by atoms with Crippen molar-refractivity contribution in [3.63, 3.8) is 0 Å². The predicted octanol–water partition coefficient (Wildman–Crippen LogP) is 3.29. The highest BCUT2D eigenvalue weighted by atomic mass is 19.1. The van der Waals surface area contributed by atoms with Crippen LogP contribution in [-0.2, 0) is 0 Å². The van der Waals surface area contributed by atoms with Gasteiger partial charge in [-0.15, -0.1) is 0 Å². The van der Waals surface area contributed by atoms with Crippen LogP contribution in [-0.4, -0.2) is 4.98 Å². The first-order valence-electron chi connectivity index (χ1n) is 3.92. The maximum Gasteiger partial charge on any atom is 0.116 e. The molecule has 2 heteroatoms. The maximum atomic E-state index is 12.4. The van der Waals surface area contributed by atoms with Gasteiger partial charge in [0.15, 0.2) is 0 Å². The fourth-order valence-electron chi connectivity index (χ4n) is 1.09. The van der Waals surface area contributed by atoms with Gasteiger partial charge in [-0.1, -0.05) is 13.5 Å². The minimum atomic E-state index is -0.401. The zero-order chi connectivity index (χ0) is 8.97. The van der Waals surface area contributed by atoms with Crippen LogP contribution >= 0.6 is 0 Å². The van der Waals surface area contributed by atoms with E-state index in [2.05, 4.69) is 11.6 Å². The van der Waals surface area contributed by atoms with Gasteiger partial charge in [0.1, 0.15) is 5.83 Å². The monoisotopic (exact) mass is 165 g/mol. The van der Waals surface area contributed by atoms with Crippen molar-refractivity contribution in [3.8, 4) is 0 Å². The molecule has 0 aliphatic rings. The summed E-state index contributed by atoms with van der Waals surface area (Å²) < 4.78 is 12.4. The lowest BCUT2D eigenvalue weighted by Gasteiger charge is -1.99. The molecule has 0 amide bonds. The van der Waals surface area contributed by atoms with Crippen LogP contribution < -0.4 is 0 Å². The molecule has 0 unspecified atom stereocenters. The molecule has 0 atom stereocenters. The number of hydrogen-bond acceptors (Lipinski definition) is 0. The second-order valence-electron chi connectivity index (χ2n) is 2.55. The number of allylic oxidation sites excluding steroid dienone is 3. The van der Waals surface area contributed by atoms with E-state index in [0.717, 1.165) is 17.7 Å². The smallest absolute Gasteiger partial charge is 0.116 e. The van der Waals surface area contributed by atoms with Gasteiger partial charge in [-0.2, -0.15) is 0 Å². The van der Waals surface area contributed by atoms with E-state index in [1.807, 2.05) is 25.3 Å². The number of aromatic amines is 1. The molecular weight excluding hydrogens is 153 g/mol. The molecular formula is C10H12FN. The Labute approximate surface area is 71.6 Å². The van der Waals surface area contributed by atoms with Crippen molar-refractivity contribution in [1.29, 1.82) is 0 Å². The van der Waals surface area contributed by atoms with Gasteiger partial charge < -0.3 is 4.98 Å². The van der Waals surface area contributed by atoms with Crippen LogP contribution in [0.1, 0.15) is 19.0 Å². The number of halogens is 1. The van der Waals surface area contributed by atoms with Crippen molar-refractivity contribution < 1.29 is 4.39 Å². The van der Waals surface area contributed by atoms with Crippen LogP contribution in [0.4, 0.5) is 4.39 Å². The Hall–Kier alpha value is -1.31. The summed E-state index contributed by atoms with van der Waals surface area (Å²) in [5.41, 5.74) is 1.89. The molecule has 1 heterocycles. The standard InChI is InChI=1S/C10H12FN/c1-3-9(7-8(2)11)10-5-4-6-12-10/h4-7,12H,2-3H2,1H3/b9-7+. The molecule has 1 aromatic rings. The Balaban J connectivity index is 2.91. The molecule has 0 saturated carbocycles. The Morgan fingerprint density at radius 2 is 2.50 bits per heavy atom. The first-order valence-corrected chi connectivity index (χ1v) is 3.92. The van der Waals surface area contributed by atoms with Crippen molar-refractivity contribution in [2.24, 2.45) is 0 Å². The lowest BCUT2D eigenvalue weighted by atomic mass is 10.1. The quantitative estimate of drug-likeness (QED) is 0.661. The van der Waals surface area contributed by atoms with E-state index in [1.54, 1.807) is 0 Å². The van der Waals surface area contributed by atoms with Gasteiger partial charge in [0, 0.05) is 11.9 Å². The van der Waals surface area contributed by atoms with E-state index in [0.29, 0.717) is 0 Å². The molecule has 0 saturated heterocycles. The summed E-state index contributed by atoms with van der Waals surface area (Å²) in [4.78, 5) is 3.02. The second-order valence-corrected chi connectivity index (χ2v) is 2.55. The molecule has 1 N–H and O–H groups in total. The van der Waals surface area contributed by atoms with Crippen molar-refractivity contribution in [1.82, 2.24) is 4.98 Å². The summed E-state index contributed by atoms with van der Waals surface area (Å²) >= 11 is 0. The Bertz CT molecular complexity index is 283. The van der Waals surface area contributed by atoms with E-state index < -0.39 is 5.83 Å². The largest absolute Gasteiger partial charge is 0.361 e. The molecule has 0 aromatic carbocycles. The van der Waals surface area contributed by atoms with E-state index in [9.17, 15) is 4.39 Å². The highest BCUT2D eigenvalue weighted by molar-refractivity contribution is 5.64. The van der Waals surface area contributed by atoms with Crippen LogP contribution in [0.25, 0.3) is 5.57 Å². The van der Waals surface area contributed by atoms with Crippen molar-refractivity contribution in [3.05, 3.63) is 42.5 Å². The van der Waals surface area contributed by atoms with E-state index in [4.69, 9.17) is 0 Å². The van der Waals surface area contributed by atoms with E-state index in [1.165, 1.54) is 6.08 Å². The average Bonchev–Trinajstić information content (AvgIpc) is 2.51. The normalized spacial score (nSPS) is 11.7. The van der Waals surface area contributed by atoms with Gasteiger partial charge in [0.2, 0.25) is 0 Å². The van der Waals surface area contributed by atoms with E-state index >= 15 is 0 Å². The van der Waals surface area contributed by atoms with Crippen LogP contribution in [0.15, 0.2) is 36.8 Å². The van der Waals surface area contributed by atoms with Gasteiger partial charge in [-0.05, 0) is 30.2 Å². The third-order valence-electron chi connectivity index (χ3n) is 1.66. The lowest BCUT2D eigenvalue weighted by Crippen LogP contribution is -1.82. The molecule has 1 aromatic heterocycles. The lowest BCUT2D eigenvalue weighted by molar-refractivity contribution is 0.671. The summed E-state index contributed by atoms with van der Waals surface area (Å²) in [6.07, 6.45) is 4.06. The van der Waals surface area contributed by atoms with Crippen LogP contribution in [0.5, 0.6) is 0 Å². The Morgan fingerprint density at radius 1 is 1.75 bits per heavy atom. The number of H-pyrrole nitrogens is 1. The number of rotatable bonds is 3. The van der Waals surface area contributed by atoms with Gasteiger partial charge in [-0.25, -0.2) is 4.39 Å². The first-order chi connectivity index (χ1) is 5.74. The average molecular weight is 165 g/mol. The van der Waals surface area contributed by atoms with Crippen molar-refractivity contribution in [2.45, 2.75) is 13.3 Å². The van der Waals surface area contributed by atoms with Crippen LogP contribution in [0.2, 0.25) is 0 Å². The van der Waals surface area contributed by atoms with Gasteiger partial charge in [0.05, 0.1) is 0 Å². The van der Waals surface area contributed by atoms with Crippen LogP contribution in [0, 0.1) is 0 Å². The molecule has 0 fully saturated rings. The third-order valence-corrected chi connectivity index (χ3v) is 1.66. The fraction of sp³-hybridized carbons (Fsp3) is 0.200. The Morgan fingerprint density at radius 3 is 2.92 bits per heavy atom. The SMILES string of the molecule is C=C(F)/C=C(\CC)c1ccc[nH]1. The summed E-state index contributed by atoms with van der Waals surface area (Å²) in [5.74, 6) is -0.401. The zero-order valence-corrected chi connectivity index (χ0v) is 7.10. The summed E-state index contributed by atoms with van der Waals surface area (Å²) in [5, 5.41) is 0. The molecule has 0 bridgehead atoms. The van der Waals surface area contributed by atoms with Crippen LogP contribution in [0.3, 0.4) is 0 Å².